The van der Waals surface area contributed by atoms with Crippen LogP contribution in [0.25, 0.3) is 0 Å². The summed E-state index contributed by atoms with van der Waals surface area (Å²) >= 11 is 0. The highest BCUT2D eigenvalue weighted by Crippen LogP contribution is 2.22. The van der Waals surface area contributed by atoms with Crippen molar-refractivity contribution >= 4 is 0 Å². The van der Waals surface area contributed by atoms with Gasteiger partial charge >= 0.3 is 0 Å². The number of nitrogens with zero attached hydrogens (tertiary/aromatic N) is 3. The maximum absolute atomic E-state index is 6.04. The summed E-state index contributed by atoms with van der Waals surface area (Å²) in [5.41, 5.74) is 7.30. The predicted octanol–water partition coefficient (Wildman–Crippen LogP) is 3.05. The molecule has 116 valence electrons. The van der Waals surface area contributed by atoms with Crippen molar-refractivity contribution < 1.29 is 0 Å². The van der Waals surface area contributed by atoms with Crippen molar-refractivity contribution in [1.82, 2.24) is 14.7 Å². The molecule has 0 saturated carbocycles. The molecule has 1 unspecified atom stereocenters. The third-order valence-electron chi connectivity index (χ3n) is 4.21. The molecule has 4 heteroatoms. The van der Waals surface area contributed by atoms with E-state index in [1.54, 1.807) is 0 Å². The maximum Gasteiger partial charge on any atom is 0.0538 e. The van der Waals surface area contributed by atoms with Crippen LogP contribution in [-0.2, 0) is 6.54 Å². The summed E-state index contributed by atoms with van der Waals surface area (Å²) in [5.74, 6) is 0.759. The summed E-state index contributed by atoms with van der Waals surface area (Å²) in [5, 5.41) is 4.45. The van der Waals surface area contributed by atoms with E-state index < -0.39 is 0 Å². The Labute approximate surface area is 124 Å². The lowest BCUT2D eigenvalue weighted by Crippen LogP contribution is -2.36. The second-order valence-electron chi connectivity index (χ2n) is 5.56. The molecule has 4 nitrogen and oxygen atoms in total. The van der Waals surface area contributed by atoms with Crippen LogP contribution in [0.3, 0.4) is 0 Å². The Bertz CT molecular complexity index is 357. The second-order valence-corrected chi connectivity index (χ2v) is 5.56. The van der Waals surface area contributed by atoms with Crippen LogP contribution in [0, 0.1) is 5.92 Å². The van der Waals surface area contributed by atoms with Gasteiger partial charge in [-0.2, -0.15) is 5.10 Å². The largest absolute Gasteiger partial charge is 0.329 e. The topological polar surface area (TPSA) is 47.1 Å². The Balaban J connectivity index is 2.79. The Morgan fingerprint density at radius 3 is 2.45 bits per heavy atom. The zero-order chi connectivity index (χ0) is 15.0. The van der Waals surface area contributed by atoms with Crippen molar-refractivity contribution in [3.8, 4) is 0 Å². The summed E-state index contributed by atoms with van der Waals surface area (Å²) in [6, 6.07) is 0.297. The van der Waals surface area contributed by atoms with Crippen LogP contribution in [-0.4, -0.2) is 34.3 Å². The average Bonchev–Trinajstić information content (AvgIpc) is 2.92. The molecule has 0 radical (unpaired) electrons. The van der Waals surface area contributed by atoms with Crippen molar-refractivity contribution in [3.63, 3.8) is 0 Å². The molecule has 0 spiro atoms. The van der Waals surface area contributed by atoms with Crippen LogP contribution in [0.5, 0.6) is 0 Å². The zero-order valence-electron chi connectivity index (χ0n) is 13.7. The SMILES string of the molecule is CCCn1cc(C(CN)N(CC)CC(CC)CC)cn1. The van der Waals surface area contributed by atoms with Gasteiger partial charge in [0.05, 0.1) is 12.2 Å². The van der Waals surface area contributed by atoms with Crippen molar-refractivity contribution in [2.75, 3.05) is 19.6 Å². The molecule has 1 heterocycles. The number of likely N-dealkylation sites (N-methyl/N-ethyl adjacent to an activating group) is 1. The van der Waals surface area contributed by atoms with Crippen molar-refractivity contribution in [1.29, 1.82) is 0 Å². The number of hydrogen-bond acceptors (Lipinski definition) is 3. The normalized spacial score (nSPS) is 13.3. The third-order valence-corrected chi connectivity index (χ3v) is 4.21. The third kappa shape index (κ3) is 4.60. The fourth-order valence-corrected chi connectivity index (χ4v) is 2.75. The number of aromatic nitrogens is 2. The Kier molecular flexibility index (Phi) is 7.85. The fourth-order valence-electron chi connectivity index (χ4n) is 2.75. The highest BCUT2D eigenvalue weighted by Gasteiger charge is 2.21. The minimum absolute atomic E-state index is 0.297. The first kappa shape index (κ1) is 17.2. The number of nitrogens with two attached hydrogens (primary N) is 1. The first-order valence-electron chi connectivity index (χ1n) is 8.16. The molecule has 1 aromatic rings. The Morgan fingerprint density at radius 1 is 1.25 bits per heavy atom. The molecule has 0 aromatic carbocycles. The van der Waals surface area contributed by atoms with Gasteiger partial charge in [0.25, 0.3) is 0 Å². The fraction of sp³-hybridized carbons (Fsp3) is 0.812. The molecule has 1 rings (SSSR count). The number of aryl methyl sites for hydroxylation is 1. The van der Waals surface area contributed by atoms with Gasteiger partial charge in [0.2, 0.25) is 0 Å². The molecule has 0 aliphatic rings. The summed E-state index contributed by atoms with van der Waals surface area (Å²) in [7, 11) is 0. The van der Waals surface area contributed by atoms with Gasteiger partial charge in [0, 0.05) is 31.4 Å². The van der Waals surface area contributed by atoms with Crippen LogP contribution in [0.4, 0.5) is 0 Å². The molecule has 0 fully saturated rings. The van der Waals surface area contributed by atoms with E-state index in [9.17, 15) is 0 Å². The van der Waals surface area contributed by atoms with Gasteiger partial charge in [-0.3, -0.25) is 9.58 Å². The van der Waals surface area contributed by atoms with Crippen LogP contribution in [0.15, 0.2) is 12.4 Å². The molecule has 20 heavy (non-hydrogen) atoms. The summed E-state index contributed by atoms with van der Waals surface area (Å²) in [6.07, 6.45) is 7.73. The van der Waals surface area contributed by atoms with Gasteiger partial charge in [-0.25, -0.2) is 0 Å². The monoisotopic (exact) mass is 280 g/mol. The molecule has 0 aliphatic carbocycles. The quantitative estimate of drug-likeness (QED) is 0.716. The summed E-state index contributed by atoms with van der Waals surface area (Å²) < 4.78 is 2.03. The second kappa shape index (κ2) is 9.14. The lowest BCUT2D eigenvalue weighted by Gasteiger charge is -2.32. The van der Waals surface area contributed by atoms with Crippen LogP contribution in [0.1, 0.15) is 58.6 Å². The van der Waals surface area contributed by atoms with Gasteiger partial charge in [0.1, 0.15) is 0 Å². The highest BCUT2D eigenvalue weighted by molar-refractivity contribution is 5.11. The Morgan fingerprint density at radius 2 is 1.95 bits per heavy atom. The van der Waals surface area contributed by atoms with Crippen molar-refractivity contribution in [3.05, 3.63) is 18.0 Å². The van der Waals surface area contributed by atoms with Gasteiger partial charge < -0.3 is 5.73 Å². The van der Waals surface area contributed by atoms with Crippen molar-refractivity contribution in [2.24, 2.45) is 11.7 Å². The van der Waals surface area contributed by atoms with Crippen LogP contribution in [0.2, 0.25) is 0 Å². The van der Waals surface area contributed by atoms with E-state index in [0.29, 0.717) is 12.6 Å². The van der Waals surface area contributed by atoms with Crippen molar-refractivity contribution in [2.45, 2.75) is 59.5 Å². The lowest BCUT2D eigenvalue weighted by atomic mass is 10.0. The summed E-state index contributed by atoms with van der Waals surface area (Å²) in [6.45, 7) is 12.8. The summed E-state index contributed by atoms with van der Waals surface area (Å²) in [4.78, 5) is 2.50. The lowest BCUT2D eigenvalue weighted by molar-refractivity contribution is 0.174. The van der Waals surface area contributed by atoms with Crippen LogP contribution >= 0.6 is 0 Å². The van der Waals surface area contributed by atoms with E-state index >= 15 is 0 Å². The van der Waals surface area contributed by atoms with E-state index in [2.05, 4.69) is 43.9 Å². The first-order chi connectivity index (χ1) is 9.69. The molecule has 0 saturated heterocycles. The first-order valence-corrected chi connectivity index (χ1v) is 8.16. The van der Waals surface area contributed by atoms with E-state index in [1.807, 2.05) is 10.9 Å². The predicted molar refractivity (Wildman–Crippen MR) is 85.6 cm³/mol. The molecule has 0 amide bonds. The average molecular weight is 280 g/mol. The minimum atomic E-state index is 0.297. The molecular formula is C16H32N4. The highest BCUT2D eigenvalue weighted by atomic mass is 15.3. The molecule has 0 aliphatic heterocycles. The smallest absolute Gasteiger partial charge is 0.0538 e. The van der Waals surface area contributed by atoms with E-state index in [1.165, 1.54) is 18.4 Å². The van der Waals surface area contributed by atoms with E-state index in [4.69, 9.17) is 5.73 Å². The maximum atomic E-state index is 6.04. The van der Waals surface area contributed by atoms with E-state index in [-0.39, 0.29) is 0 Å². The Hall–Kier alpha value is -0.870. The minimum Gasteiger partial charge on any atom is -0.329 e. The molecular weight excluding hydrogens is 248 g/mol. The van der Waals surface area contributed by atoms with Gasteiger partial charge in [0.15, 0.2) is 0 Å². The number of hydrogen-bond donors (Lipinski definition) is 1. The standard InChI is InChI=1S/C16H32N4/c1-5-9-20-13-15(11-18-20)16(10-17)19(8-4)12-14(6-2)7-3/h11,13-14,16H,5-10,12,17H2,1-4H3. The van der Waals surface area contributed by atoms with E-state index in [0.717, 1.165) is 32.0 Å². The van der Waals surface area contributed by atoms with Gasteiger partial charge in [-0.15, -0.1) is 0 Å². The zero-order valence-corrected chi connectivity index (χ0v) is 13.7. The molecule has 2 N–H and O–H groups in total. The molecule has 1 atom stereocenters. The number of rotatable bonds is 10. The van der Waals surface area contributed by atoms with Gasteiger partial charge in [-0.1, -0.05) is 40.5 Å². The molecule has 1 aromatic heterocycles. The van der Waals surface area contributed by atoms with Crippen LogP contribution < -0.4 is 5.73 Å². The van der Waals surface area contributed by atoms with Gasteiger partial charge in [-0.05, 0) is 18.9 Å². The molecule has 0 bridgehead atoms.